The van der Waals surface area contributed by atoms with Crippen molar-refractivity contribution in [1.82, 2.24) is 13.9 Å². The van der Waals surface area contributed by atoms with Crippen LogP contribution in [0.25, 0.3) is 11.0 Å². The molecule has 8 nitrogen and oxygen atoms in total. The number of nitrogens with zero attached hydrogens (tertiary/aromatic N) is 3. The highest BCUT2D eigenvalue weighted by Gasteiger charge is 2.19. The molecule has 0 saturated carbocycles. The first kappa shape index (κ1) is 21.3. The number of sulfone groups is 1. The lowest BCUT2D eigenvalue weighted by atomic mass is 10.3. The van der Waals surface area contributed by atoms with Crippen molar-refractivity contribution in [2.75, 3.05) is 20.4 Å². The summed E-state index contributed by atoms with van der Waals surface area (Å²) in [4.78, 5) is 4.95. The molecule has 0 radical (unpaired) electrons. The molecule has 156 valence electrons. The van der Waals surface area contributed by atoms with E-state index in [4.69, 9.17) is 4.74 Å². The standard InChI is InChI=1S/C19H23N3O5S2/c1-5-22-18-11-10-16(29(25,26)21(2)3)12-17(18)20-19(22)13-27-14-6-8-15(9-7-14)28(4,23)24/h6-12H,5,13H2,1-4H3. The van der Waals surface area contributed by atoms with Gasteiger partial charge in [0.05, 0.1) is 20.8 Å². The molecule has 3 aromatic rings. The Morgan fingerprint density at radius 2 is 1.62 bits per heavy atom. The average Bonchev–Trinajstić information content (AvgIpc) is 3.02. The van der Waals surface area contributed by atoms with Crippen LogP contribution in [0.5, 0.6) is 5.75 Å². The van der Waals surface area contributed by atoms with E-state index >= 15 is 0 Å². The number of aryl methyl sites for hydroxylation is 1. The molecular weight excluding hydrogens is 414 g/mol. The highest BCUT2D eigenvalue weighted by Crippen LogP contribution is 2.23. The van der Waals surface area contributed by atoms with Gasteiger partial charge in [0.25, 0.3) is 0 Å². The fourth-order valence-corrected chi connectivity index (χ4v) is 4.48. The first-order valence-corrected chi connectivity index (χ1v) is 12.2. The van der Waals surface area contributed by atoms with Gasteiger partial charge in [-0.05, 0) is 49.4 Å². The molecule has 0 unspecified atom stereocenters. The van der Waals surface area contributed by atoms with E-state index in [0.29, 0.717) is 23.6 Å². The number of hydrogen-bond donors (Lipinski definition) is 0. The maximum absolute atomic E-state index is 12.4. The third-order valence-electron chi connectivity index (χ3n) is 4.51. The largest absolute Gasteiger partial charge is 0.486 e. The predicted molar refractivity (Wildman–Crippen MR) is 110 cm³/mol. The van der Waals surface area contributed by atoms with Gasteiger partial charge in [0.2, 0.25) is 10.0 Å². The summed E-state index contributed by atoms with van der Waals surface area (Å²) in [6.07, 6.45) is 1.15. The maximum atomic E-state index is 12.4. The molecule has 0 bridgehead atoms. The number of aromatic nitrogens is 2. The summed E-state index contributed by atoms with van der Waals surface area (Å²) in [5.74, 6) is 1.16. The van der Waals surface area contributed by atoms with E-state index in [1.165, 1.54) is 26.2 Å². The van der Waals surface area contributed by atoms with Crippen LogP contribution < -0.4 is 4.74 Å². The third kappa shape index (κ3) is 4.29. The number of benzene rings is 2. The van der Waals surface area contributed by atoms with E-state index in [0.717, 1.165) is 16.1 Å². The molecule has 0 N–H and O–H groups in total. The van der Waals surface area contributed by atoms with Crippen LogP contribution in [0.4, 0.5) is 0 Å². The molecule has 0 spiro atoms. The molecule has 0 saturated heterocycles. The van der Waals surface area contributed by atoms with Crippen molar-refractivity contribution in [3.05, 3.63) is 48.3 Å². The zero-order chi connectivity index (χ0) is 21.4. The Hall–Kier alpha value is -2.43. The fraction of sp³-hybridized carbons (Fsp3) is 0.316. The van der Waals surface area contributed by atoms with Gasteiger partial charge in [-0.3, -0.25) is 0 Å². The van der Waals surface area contributed by atoms with Crippen LogP contribution in [0, 0.1) is 0 Å². The van der Waals surface area contributed by atoms with Gasteiger partial charge in [-0.2, -0.15) is 0 Å². The molecule has 0 aliphatic heterocycles. The van der Waals surface area contributed by atoms with Crippen LogP contribution in [0.1, 0.15) is 12.7 Å². The lowest BCUT2D eigenvalue weighted by molar-refractivity contribution is 0.290. The van der Waals surface area contributed by atoms with Crippen molar-refractivity contribution in [2.45, 2.75) is 29.9 Å². The van der Waals surface area contributed by atoms with E-state index in [2.05, 4.69) is 4.98 Å². The molecule has 0 aliphatic rings. The summed E-state index contributed by atoms with van der Waals surface area (Å²) >= 11 is 0. The van der Waals surface area contributed by atoms with Crippen LogP contribution in [-0.4, -0.2) is 51.0 Å². The molecule has 0 atom stereocenters. The molecule has 0 fully saturated rings. The van der Waals surface area contributed by atoms with E-state index in [1.54, 1.807) is 30.3 Å². The van der Waals surface area contributed by atoms with E-state index < -0.39 is 19.9 Å². The van der Waals surface area contributed by atoms with Crippen molar-refractivity contribution in [1.29, 1.82) is 0 Å². The Bertz CT molecular complexity index is 1240. The number of imidazole rings is 1. The molecule has 0 amide bonds. The van der Waals surface area contributed by atoms with Gasteiger partial charge < -0.3 is 9.30 Å². The van der Waals surface area contributed by atoms with Crippen molar-refractivity contribution < 1.29 is 21.6 Å². The van der Waals surface area contributed by atoms with Gasteiger partial charge in [0, 0.05) is 26.9 Å². The number of fused-ring (bicyclic) bond motifs is 1. The SMILES string of the molecule is CCn1c(COc2ccc(S(C)(=O)=O)cc2)nc2cc(S(=O)(=O)N(C)C)ccc21. The molecule has 10 heteroatoms. The zero-order valence-corrected chi connectivity index (χ0v) is 18.3. The van der Waals surface area contributed by atoms with Gasteiger partial charge >= 0.3 is 0 Å². The van der Waals surface area contributed by atoms with E-state index in [-0.39, 0.29) is 16.4 Å². The van der Waals surface area contributed by atoms with Gasteiger partial charge in [0.1, 0.15) is 18.2 Å². The molecule has 3 rings (SSSR count). The monoisotopic (exact) mass is 437 g/mol. The summed E-state index contributed by atoms with van der Waals surface area (Å²) in [5.41, 5.74) is 1.39. The van der Waals surface area contributed by atoms with Gasteiger partial charge in [-0.15, -0.1) is 0 Å². The van der Waals surface area contributed by atoms with Crippen LogP contribution in [0.15, 0.2) is 52.3 Å². The van der Waals surface area contributed by atoms with E-state index in [1.807, 2.05) is 11.5 Å². The molecule has 0 aliphatic carbocycles. The second kappa shape index (κ2) is 7.77. The third-order valence-corrected chi connectivity index (χ3v) is 7.45. The van der Waals surface area contributed by atoms with Gasteiger partial charge in [0.15, 0.2) is 9.84 Å². The summed E-state index contributed by atoms with van der Waals surface area (Å²) in [7, 11) is -3.84. The molecule has 29 heavy (non-hydrogen) atoms. The average molecular weight is 438 g/mol. The van der Waals surface area contributed by atoms with Crippen LogP contribution >= 0.6 is 0 Å². The highest BCUT2D eigenvalue weighted by atomic mass is 32.2. The zero-order valence-electron chi connectivity index (χ0n) is 16.7. The van der Waals surface area contributed by atoms with Gasteiger partial charge in [-0.1, -0.05) is 0 Å². The summed E-state index contributed by atoms with van der Waals surface area (Å²) < 4.78 is 56.7. The molecule has 1 heterocycles. The Balaban J connectivity index is 1.89. The van der Waals surface area contributed by atoms with Crippen LogP contribution in [-0.2, 0) is 33.0 Å². The minimum atomic E-state index is -3.55. The topological polar surface area (TPSA) is 98.6 Å². The summed E-state index contributed by atoms with van der Waals surface area (Å²) in [6, 6.07) is 11.0. The second-order valence-electron chi connectivity index (χ2n) is 6.74. The highest BCUT2D eigenvalue weighted by molar-refractivity contribution is 7.90. The van der Waals surface area contributed by atoms with Crippen molar-refractivity contribution in [2.24, 2.45) is 0 Å². The van der Waals surface area contributed by atoms with E-state index in [9.17, 15) is 16.8 Å². The molecule has 1 aromatic heterocycles. The second-order valence-corrected chi connectivity index (χ2v) is 10.9. The smallest absolute Gasteiger partial charge is 0.242 e. The number of sulfonamides is 1. The van der Waals surface area contributed by atoms with Crippen LogP contribution in [0.3, 0.4) is 0 Å². The number of hydrogen-bond acceptors (Lipinski definition) is 6. The quantitative estimate of drug-likeness (QED) is 0.562. The minimum absolute atomic E-state index is 0.163. The predicted octanol–water partition coefficient (Wildman–Crippen LogP) is 2.29. The molecular formula is C19H23N3O5S2. The van der Waals surface area contributed by atoms with Crippen LogP contribution in [0.2, 0.25) is 0 Å². The first-order chi connectivity index (χ1) is 13.5. The minimum Gasteiger partial charge on any atom is -0.486 e. The Kier molecular flexibility index (Phi) is 5.70. The maximum Gasteiger partial charge on any atom is 0.242 e. The number of ether oxygens (including phenoxy) is 1. The normalized spacial score (nSPS) is 12.6. The molecule has 2 aromatic carbocycles. The number of rotatable bonds is 7. The van der Waals surface area contributed by atoms with Crippen molar-refractivity contribution in [3.63, 3.8) is 0 Å². The van der Waals surface area contributed by atoms with Crippen molar-refractivity contribution in [3.8, 4) is 5.75 Å². The lowest BCUT2D eigenvalue weighted by Gasteiger charge is -2.11. The lowest BCUT2D eigenvalue weighted by Crippen LogP contribution is -2.22. The Labute approximate surface area is 170 Å². The summed E-state index contributed by atoms with van der Waals surface area (Å²) in [6.45, 7) is 2.77. The Morgan fingerprint density at radius 3 is 2.17 bits per heavy atom. The van der Waals surface area contributed by atoms with Crippen molar-refractivity contribution >= 4 is 30.9 Å². The Morgan fingerprint density at radius 1 is 1.00 bits per heavy atom. The first-order valence-electron chi connectivity index (χ1n) is 8.88. The van der Waals surface area contributed by atoms with Gasteiger partial charge in [-0.25, -0.2) is 26.1 Å². The summed E-state index contributed by atoms with van der Waals surface area (Å²) in [5, 5.41) is 0. The fourth-order valence-electron chi connectivity index (χ4n) is 2.92.